The lowest BCUT2D eigenvalue weighted by molar-refractivity contribution is -0.120. The first kappa shape index (κ1) is 12.8. The fourth-order valence-corrected chi connectivity index (χ4v) is 2.47. The maximum absolute atomic E-state index is 11.8. The molecule has 2 rings (SSSR count). The van der Waals surface area contributed by atoms with Gasteiger partial charge >= 0.3 is 0 Å². The maximum atomic E-state index is 11.8. The van der Waals surface area contributed by atoms with Crippen molar-refractivity contribution in [3.63, 3.8) is 0 Å². The molecule has 0 bridgehead atoms. The number of imide groups is 1. The van der Waals surface area contributed by atoms with Gasteiger partial charge in [0.2, 0.25) is 0 Å². The molecule has 1 aromatic carbocycles. The van der Waals surface area contributed by atoms with Gasteiger partial charge in [-0.05, 0) is 30.0 Å². The van der Waals surface area contributed by atoms with Gasteiger partial charge in [0.1, 0.15) is 0 Å². The summed E-state index contributed by atoms with van der Waals surface area (Å²) in [5.74, 6) is -0.599. The number of rotatable bonds is 3. The highest BCUT2D eigenvalue weighted by atomic mass is 35.5. The number of amides is 2. The number of hydrogen-bond acceptors (Lipinski definition) is 2. The van der Waals surface area contributed by atoms with Crippen LogP contribution in [0.5, 0.6) is 0 Å². The molecule has 0 radical (unpaired) electrons. The maximum Gasteiger partial charge on any atom is 0.258 e. The van der Waals surface area contributed by atoms with Gasteiger partial charge in [0.05, 0.1) is 5.69 Å². The molecule has 2 amide bonds. The fraction of sp³-hybridized carbons (Fsp3) is 0.286. The van der Waals surface area contributed by atoms with Crippen molar-refractivity contribution < 1.29 is 9.59 Å². The Morgan fingerprint density at radius 1 is 1.06 bits per heavy atom. The van der Waals surface area contributed by atoms with Gasteiger partial charge in [-0.1, -0.05) is 31.5 Å². The minimum absolute atomic E-state index is 0.299. The average molecular weight is 264 g/mol. The molecule has 0 atom stereocenters. The Hall–Kier alpha value is -1.61. The molecule has 0 N–H and O–H groups in total. The van der Waals surface area contributed by atoms with E-state index in [-0.39, 0.29) is 11.8 Å². The van der Waals surface area contributed by atoms with E-state index in [0.717, 1.165) is 17.5 Å². The summed E-state index contributed by atoms with van der Waals surface area (Å²) in [6.45, 7) is 3.95. The largest absolute Gasteiger partial charge is 0.269 e. The first-order valence-corrected chi connectivity index (χ1v) is 6.34. The summed E-state index contributed by atoms with van der Waals surface area (Å²) >= 11 is 6.16. The van der Waals surface area contributed by atoms with Crippen molar-refractivity contribution in [2.24, 2.45) is 0 Å². The van der Waals surface area contributed by atoms with Gasteiger partial charge in [0.25, 0.3) is 11.8 Å². The summed E-state index contributed by atoms with van der Waals surface area (Å²) in [5, 5.41) is 0.595. The van der Waals surface area contributed by atoms with Crippen LogP contribution >= 0.6 is 11.6 Å². The molecule has 0 aromatic heterocycles. The molecule has 1 aromatic rings. The van der Waals surface area contributed by atoms with E-state index in [9.17, 15) is 9.59 Å². The molecule has 0 fully saturated rings. The molecule has 1 aliphatic heterocycles. The van der Waals surface area contributed by atoms with Crippen molar-refractivity contribution in [3.8, 4) is 0 Å². The van der Waals surface area contributed by atoms with Gasteiger partial charge in [-0.2, -0.15) is 0 Å². The molecular weight excluding hydrogens is 250 g/mol. The quantitative estimate of drug-likeness (QED) is 0.787. The summed E-state index contributed by atoms with van der Waals surface area (Å²) in [7, 11) is 0. The number of nitrogens with zero attached hydrogens (tertiary/aromatic N) is 1. The van der Waals surface area contributed by atoms with Crippen LogP contribution in [0.15, 0.2) is 24.3 Å². The zero-order valence-corrected chi connectivity index (χ0v) is 11.1. The molecule has 3 nitrogen and oxygen atoms in total. The van der Waals surface area contributed by atoms with Gasteiger partial charge in [-0.25, -0.2) is 4.90 Å². The van der Waals surface area contributed by atoms with E-state index >= 15 is 0 Å². The Labute approximate surface area is 111 Å². The van der Waals surface area contributed by atoms with E-state index in [1.165, 1.54) is 17.1 Å². The second-order valence-electron chi connectivity index (χ2n) is 4.09. The average Bonchev–Trinajstić information content (AvgIpc) is 2.68. The van der Waals surface area contributed by atoms with Crippen molar-refractivity contribution in [2.45, 2.75) is 26.7 Å². The third kappa shape index (κ3) is 1.95. The van der Waals surface area contributed by atoms with Gasteiger partial charge < -0.3 is 0 Å². The summed E-state index contributed by atoms with van der Waals surface area (Å²) < 4.78 is 0. The van der Waals surface area contributed by atoms with Crippen LogP contribution < -0.4 is 4.90 Å². The Balaban J connectivity index is 2.65. The smallest absolute Gasteiger partial charge is 0.258 e. The van der Waals surface area contributed by atoms with Gasteiger partial charge in [0.15, 0.2) is 0 Å². The molecule has 94 valence electrons. The van der Waals surface area contributed by atoms with Crippen molar-refractivity contribution in [1.29, 1.82) is 0 Å². The van der Waals surface area contributed by atoms with Crippen LogP contribution in [0, 0.1) is 0 Å². The monoisotopic (exact) mass is 263 g/mol. The highest BCUT2D eigenvalue weighted by Crippen LogP contribution is 2.34. The SMILES string of the molecule is CCc1ccc(Cl)c(CC)c1N1C(=O)C=CC1=O. The molecule has 4 heteroatoms. The Kier molecular flexibility index (Phi) is 3.53. The van der Waals surface area contributed by atoms with E-state index < -0.39 is 0 Å². The molecule has 18 heavy (non-hydrogen) atoms. The van der Waals surface area contributed by atoms with Gasteiger partial charge in [-0.3, -0.25) is 9.59 Å². The van der Waals surface area contributed by atoms with Crippen LogP contribution in [0.4, 0.5) is 5.69 Å². The minimum atomic E-state index is -0.299. The summed E-state index contributed by atoms with van der Waals surface area (Å²) in [5.41, 5.74) is 2.47. The first-order chi connectivity index (χ1) is 8.60. The number of carbonyl (C=O) groups excluding carboxylic acids is 2. The topological polar surface area (TPSA) is 37.4 Å². The summed E-state index contributed by atoms with van der Waals surface area (Å²) in [4.78, 5) is 24.8. The molecule has 0 aliphatic carbocycles. The predicted octanol–water partition coefficient (Wildman–Crippen LogP) is 2.89. The van der Waals surface area contributed by atoms with Gasteiger partial charge in [-0.15, -0.1) is 0 Å². The standard InChI is InChI=1S/C14H14ClNO2/c1-3-9-5-6-11(15)10(4-2)14(9)16-12(17)7-8-13(16)18/h5-8H,3-4H2,1-2H3. The Morgan fingerprint density at radius 2 is 1.67 bits per heavy atom. The van der Waals surface area contributed by atoms with E-state index in [1.54, 1.807) is 0 Å². The fourth-order valence-electron chi connectivity index (χ4n) is 2.18. The lowest BCUT2D eigenvalue weighted by Crippen LogP contribution is -2.31. The molecule has 0 saturated heterocycles. The second-order valence-corrected chi connectivity index (χ2v) is 4.49. The van der Waals surface area contributed by atoms with Crippen LogP contribution in [0.1, 0.15) is 25.0 Å². The number of carbonyl (C=O) groups is 2. The first-order valence-electron chi connectivity index (χ1n) is 5.96. The lowest BCUT2D eigenvalue weighted by atomic mass is 10.0. The van der Waals surface area contributed by atoms with Crippen molar-refractivity contribution >= 4 is 29.1 Å². The molecule has 0 spiro atoms. The Bertz CT molecular complexity index is 531. The number of aryl methyl sites for hydroxylation is 1. The van der Waals surface area contributed by atoms with Crippen molar-refractivity contribution in [1.82, 2.24) is 0 Å². The van der Waals surface area contributed by atoms with E-state index in [4.69, 9.17) is 11.6 Å². The summed E-state index contributed by atoms with van der Waals surface area (Å²) in [6.07, 6.45) is 4.01. The second kappa shape index (κ2) is 4.94. The number of anilines is 1. The normalized spacial score (nSPS) is 14.7. The number of hydrogen-bond donors (Lipinski definition) is 0. The third-order valence-corrected chi connectivity index (χ3v) is 3.43. The predicted molar refractivity (Wildman–Crippen MR) is 71.8 cm³/mol. The summed E-state index contributed by atoms with van der Waals surface area (Å²) in [6, 6.07) is 3.69. The molecule has 1 heterocycles. The molecule has 0 unspecified atom stereocenters. The number of benzene rings is 1. The van der Waals surface area contributed by atoms with Crippen molar-refractivity contribution in [2.75, 3.05) is 4.90 Å². The van der Waals surface area contributed by atoms with Crippen LogP contribution in [0.3, 0.4) is 0 Å². The molecule has 1 aliphatic rings. The minimum Gasteiger partial charge on any atom is -0.269 e. The van der Waals surface area contributed by atoms with Gasteiger partial charge in [0, 0.05) is 17.2 Å². The van der Waals surface area contributed by atoms with Crippen LogP contribution in [-0.4, -0.2) is 11.8 Å². The highest BCUT2D eigenvalue weighted by Gasteiger charge is 2.29. The Morgan fingerprint density at radius 3 is 2.17 bits per heavy atom. The van der Waals surface area contributed by atoms with Crippen molar-refractivity contribution in [3.05, 3.63) is 40.4 Å². The van der Waals surface area contributed by atoms with E-state index in [2.05, 4.69) is 0 Å². The van der Waals surface area contributed by atoms with Crippen LogP contribution in [0.2, 0.25) is 5.02 Å². The zero-order valence-electron chi connectivity index (χ0n) is 10.4. The zero-order chi connectivity index (χ0) is 13.3. The third-order valence-electron chi connectivity index (χ3n) is 3.08. The highest BCUT2D eigenvalue weighted by molar-refractivity contribution is 6.33. The molecular formula is C14H14ClNO2. The van der Waals surface area contributed by atoms with E-state index in [1.807, 2.05) is 26.0 Å². The van der Waals surface area contributed by atoms with E-state index in [0.29, 0.717) is 17.1 Å². The lowest BCUT2D eigenvalue weighted by Gasteiger charge is -2.22. The number of halogens is 1. The molecule has 0 saturated carbocycles. The van der Waals surface area contributed by atoms with Crippen LogP contribution in [-0.2, 0) is 22.4 Å². The van der Waals surface area contributed by atoms with Crippen LogP contribution in [0.25, 0.3) is 0 Å².